The summed E-state index contributed by atoms with van der Waals surface area (Å²) in [5.41, 5.74) is -0.517. The summed E-state index contributed by atoms with van der Waals surface area (Å²) >= 11 is 0. The smallest absolute Gasteiger partial charge is 0.319 e. The van der Waals surface area contributed by atoms with E-state index in [2.05, 4.69) is 15.7 Å². The summed E-state index contributed by atoms with van der Waals surface area (Å²) in [5, 5.41) is 8.24. The molecule has 0 unspecified atom stereocenters. The molecule has 1 heterocycles. The van der Waals surface area contributed by atoms with E-state index in [0.29, 0.717) is 6.07 Å². The van der Waals surface area contributed by atoms with Crippen LogP contribution in [0, 0.1) is 11.6 Å². The van der Waals surface area contributed by atoms with Gasteiger partial charge >= 0.3 is 6.03 Å². The molecule has 0 aliphatic rings. The lowest BCUT2D eigenvalue weighted by molar-refractivity contribution is 0.150. The molecule has 1 aromatic heterocycles. The third-order valence-electron chi connectivity index (χ3n) is 2.77. The van der Waals surface area contributed by atoms with Crippen molar-refractivity contribution in [3.63, 3.8) is 0 Å². The minimum atomic E-state index is -2.72. The van der Waals surface area contributed by atoms with Gasteiger partial charge in [-0.05, 0) is 12.1 Å². The Kier molecular flexibility index (Phi) is 4.64. The highest BCUT2D eigenvalue weighted by Gasteiger charge is 2.17. The van der Waals surface area contributed by atoms with Gasteiger partial charge in [0, 0.05) is 19.3 Å². The first-order valence-electron chi connectivity index (χ1n) is 6.17. The highest BCUT2D eigenvalue weighted by molar-refractivity contribution is 5.89. The molecule has 0 atom stereocenters. The first-order valence-corrected chi connectivity index (χ1v) is 6.17. The van der Waals surface area contributed by atoms with Crippen LogP contribution in [0.2, 0.25) is 0 Å². The molecule has 9 heteroatoms. The summed E-state index contributed by atoms with van der Waals surface area (Å²) in [4.78, 5) is 11.6. The molecule has 2 N–H and O–H groups in total. The zero-order valence-corrected chi connectivity index (χ0v) is 11.4. The Labute approximate surface area is 122 Å². The van der Waals surface area contributed by atoms with Crippen molar-refractivity contribution in [3.8, 4) is 0 Å². The molecule has 2 rings (SSSR count). The van der Waals surface area contributed by atoms with Gasteiger partial charge < -0.3 is 10.6 Å². The van der Waals surface area contributed by atoms with Crippen LogP contribution in [0.1, 0.15) is 17.7 Å². The van der Waals surface area contributed by atoms with Crippen molar-refractivity contribution in [1.82, 2.24) is 15.1 Å². The lowest BCUT2D eigenvalue weighted by Crippen LogP contribution is -2.29. The summed E-state index contributed by atoms with van der Waals surface area (Å²) in [6, 6.07) is 1.82. The molecule has 2 aromatic rings. The number of nitrogens with zero attached hydrogens (tertiary/aromatic N) is 2. The van der Waals surface area contributed by atoms with E-state index in [-0.39, 0.29) is 23.5 Å². The number of urea groups is 1. The number of aromatic nitrogens is 2. The number of hydrogen-bond acceptors (Lipinski definition) is 2. The van der Waals surface area contributed by atoms with Crippen molar-refractivity contribution in [1.29, 1.82) is 0 Å². The van der Waals surface area contributed by atoms with Crippen LogP contribution in [0.5, 0.6) is 0 Å². The van der Waals surface area contributed by atoms with Crippen molar-refractivity contribution >= 4 is 11.7 Å². The van der Waals surface area contributed by atoms with E-state index in [0.717, 1.165) is 18.3 Å². The first-order chi connectivity index (χ1) is 10.4. The molecule has 0 aliphatic carbocycles. The molecular formula is C13H12F4N4O. The van der Waals surface area contributed by atoms with Crippen molar-refractivity contribution in [2.75, 3.05) is 5.32 Å². The van der Waals surface area contributed by atoms with E-state index < -0.39 is 24.1 Å². The third kappa shape index (κ3) is 3.74. The maximum atomic E-state index is 13.3. The number of halogens is 4. The number of alkyl halides is 2. The Morgan fingerprint density at radius 1 is 1.36 bits per heavy atom. The molecule has 118 valence electrons. The van der Waals surface area contributed by atoms with E-state index in [4.69, 9.17) is 0 Å². The maximum Gasteiger partial charge on any atom is 0.319 e. The molecule has 1 aromatic carbocycles. The summed E-state index contributed by atoms with van der Waals surface area (Å²) in [7, 11) is 1.48. The van der Waals surface area contributed by atoms with Gasteiger partial charge in [0.2, 0.25) is 0 Å². The summed E-state index contributed by atoms with van der Waals surface area (Å²) in [5.74, 6) is -1.72. The maximum absolute atomic E-state index is 13.3. The second-order valence-electron chi connectivity index (χ2n) is 4.44. The average Bonchev–Trinajstić information content (AvgIpc) is 2.81. The predicted molar refractivity (Wildman–Crippen MR) is 70.4 cm³/mol. The number of nitrogens with one attached hydrogen (secondary N) is 2. The number of amides is 2. The number of hydrogen-bond donors (Lipinski definition) is 2. The molecular weight excluding hydrogens is 304 g/mol. The molecule has 5 nitrogen and oxygen atoms in total. The SMILES string of the molecule is Cn1cc(C(F)F)c(CNC(=O)Nc2ccc(F)cc2F)n1. The molecule has 0 saturated heterocycles. The third-order valence-corrected chi connectivity index (χ3v) is 2.77. The predicted octanol–water partition coefficient (Wildman–Crippen LogP) is 2.96. The highest BCUT2D eigenvalue weighted by Crippen LogP contribution is 2.21. The van der Waals surface area contributed by atoms with Crippen LogP contribution in [0.3, 0.4) is 0 Å². The fraction of sp³-hybridized carbons (Fsp3) is 0.231. The highest BCUT2D eigenvalue weighted by atomic mass is 19.3. The second-order valence-corrected chi connectivity index (χ2v) is 4.44. The number of carbonyl (C=O) groups excluding carboxylic acids is 1. The van der Waals surface area contributed by atoms with Gasteiger partial charge in [-0.1, -0.05) is 0 Å². The van der Waals surface area contributed by atoms with Crippen molar-refractivity contribution < 1.29 is 22.4 Å². The number of benzene rings is 1. The van der Waals surface area contributed by atoms with Gasteiger partial charge in [0.1, 0.15) is 11.6 Å². The van der Waals surface area contributed by atoms with Crippen LogP contribution >= 0.6 is 0 Å². The molecule has 2 amide bonds. The van der Waals surface area contributed by atoms with Gasteiger partial charge in [-0.3, -0.25) is 4.68 Å². The van der Waals surface area contributed by atoms with Crippen LogP contribution in [0.25, 0.3) is 0 Å². The molecule has 0 aliphatic heterocycles. The molecule has 22 heavy (non-hydrogen) atoms. The van der Waals surface area contributed by atoms with E-state index in [1.54, 1.807) is 0 Å². The van der Waals surface area contributed by atoms with Gasteiger partial charge in [-0.15, -0.1) is 0 Å². The lowest BCUT2D eigenvalue weighted by atomic mass is 10.2. The Morgan fingerprint density at radius 2 is 2.09 bits per heavy atom. The zero-order chi connectivity index (χ0) is 16.3. The fourth-order valence-electron chi connectivity index (χ4n) is 1.79. The summed E-state index contributed by atoms with van der Waals surface area (Å²) < 4.78 is 52.8. The number of rotatable bonds is 4. The molecule has 0 spiro atoms. The number of carbonyl (C=O) groups is 1. The topological polar surface area (TPSA) is 59.0 Å². The quantitative estimate of drug-likeness (QED) is 0.852. The monoisotopic (exact) mass is 316 g/mol. The van der Waals surface area contributed by atoms with Crippen molar-refractivity contribution in [3.05, 3.63) is 47.3 Å². The molecule has 0 fully saturated rings. The Hall–Kier alpha value is -2.58. The van der Waals surface area contributed by atoms with E-state index >= 15 is 0 Å². The Morgan fingerprint density at radius 3 is 2.73 bits per heavy atom. The van der Waals surface area contributed by atoms with Crippen LogP contribution < -0.4 is 10.6 Å². The minimum Gasteiger partial charge on any atom is -0.332 e. The molecule has 0 saturated carbocycles. The van der Waals surface area contributed by atoms with E-state index in [9.17, 15) is 22.4 Å². The first kappa shape index (κ1) is 15.8. The number of anilines is 1. The van der Waals surface area contributed by atoms with E-state index in [1.807, 2.05) is 0 Å². The molecule has 0 bridgehead atoms. The fourth-order valence-corrected chi connectivity index (χ4v) is 1.79. The van der Waals surface area contributed by atoms with Gasteiger partial charge in [0.05, 0.1) is 23.5 Å². The normalized spacial score (nSPS) is 10.8. The largest absolute Gasteiger partial charge is 0.332 e. The standard InChI is InChI=1S/C13H12F4N4O/c1-21-6-8(12(16)17)11(20-21)5-18-13(22)19-10-3-2-7(14)4-9(10)15/h2-4,6,12H,5H2,1H3,(H2,18,19,22). The average molecular weight is 316 g/mol. The zero-order valence-electron chi connectivity index (χ0n) is 11.4. The van der Waals surface area contributed by atoms with Gasteiger partial charge in [0.25, 0.3) is 6.43 Å². The van der Waals surface area contributed by atoms with Gasteiger partial charge in [-0.25, -0.2) is 22.4 Å². The van der Waals surface area contributed by atoms with Crippen LogP contribution in [-0.2, 0) is 13.6 Å². The second kappa shape index (κ2) is 6.46. The van der Waals surface area contributed by atoms with Crippen molar-refractivity contribution in [2.45, 2.75) is 13.0 Å². The van der Waals surface area contributed by atoms with Gasteiger partial charge in [-0.2, -0.15) is 5.10 Å². The molecule has 0 radical (unpaired) electrons. The van der Waals surface area contributed by atoms with Gasteiger partial charge in [0.15, 0.2) is 0 Å². The lowest BCUT2D eigenvalue weighted by Gasteiger charge is -2.08. The van der Waals surface area contributed by atoms with Crippen LogP contribution in [-0.4, -0.2) is 15.8 Å². The minimum absolute atomic E-state index is 0.00669. The Bertz CT molecular complexity index is 687. The Balaban J connectivity index is 1.98. The van der Waals surface area contributed by atoms with Crippen LogP contribution in [0.4, 0.5) is 28.0 Å². The number of aryl methyl sites for hydroxylation is 1. The van der Waals surface area contributed by atoms with Crippen molar-refractivity contribution in [2.24, 2.45) is 7.05 Å². The summed E-state index contributed by atoms with van der Waals surface area (Å²) in [6.45, 7) is -0.255. The van der Waals surface area contributed by atoms with E-state index in [1.165, 1.54) is 11.7 Å². The summed E-state index contributed by atoms with van der Waals surface area (Å²) in [6.07, 6.45) is -1.57. The van der Waals surface area contributed by atoms with Crippen LogP contribution in [0.15, 0.2) is 24.4 Å².